The summed E-state index contributed by atoms with van der Waals surface area (Å²) in [5, 5.41) is 4.11. The Morgan fingerprint density at radius 3 is 2.37 bits per heavy atom. The van der Waals surface area contributed by atoms with Gasteiger partial charge in [0.05, 0.1) is 21.3 Å². The van der Waals surface area contributed by atoms with Crippen LogP contribution < -0.4 is 28.6 Å². The number of ether oxygens (including phenoxy) is 5. The Hall–Kier alpha value is -3.28. The summed E-state index contributed by atoms with van der Waals surface area (Å²) in [7, 11) is 6.96. The van der Waals surface area contributed by atoms with Gasteiger partial charge in [-0.05, 0) is 35.0 Å². The first kappa shape index (κ1) is 15.9. The molecule has 0 radical (unpaired) electrons. The molecule has 0 bridgehead atoms. The van der Waals surface area contributed by atoms with E-state index < -0.39 is 0 Å². The third kappa shape index (κ3) is 2.01. The summed E-state index contributed by atoms with van der Waals surface area (Å²) in [6, 6.07) is 6.13. The van der Waals surface area contributed by atoms with E-state index in [1.807, 2.05) is 31.5 Å². The third-order valence-corrected chi connectivity index (χ3v) is 5.23. The number of benzene rings is 3. The van der Waals surface area contributed by atoms with Crippen molar-refractivity contribution in [2.75, 3.05) is 40.1 Å². The van der Waals surface area contributed by atoms with Gasteiger partial charge < -0.3 is 28.6 Å². The first-order chi connectivity index (χ1) is 13.2. The molecular formula is C21H19NO5. The molecule has 2 aliphatic rings. The lowest BCUT2D eigenvalue weighted by atomic mass is 9.92. The van der Waals surface area contributed by atoms with E-state index in [9.17, 15) is 0 Å². The minimum atomic E-state index is 0.169. The van der Waals surface area contributed by atoms with Gasteiger partial charge >= 0.3 is 0 Å². The zero-order valence-corrected chi connectivity index (χ0v) is 15.6. The van der Waals surface area contributed by atoms with Crippen molar-refractivity contribution < 1.29 is 23.7 Å². The largest absolute Gasteiger partial charge is 0.493 e. The number of fused-ring (bicyclic) bond motifs is 4. The minimum absolute atomic E-state index is 0.169. The number of rotatable bonds is 3. The molecule has 0 spiro atoms. The van der Waals surface area contributed by atoms with Gasteiger partial charge in [-0.25, -0.2) is 0 Å². The number of nitrogens with zero attached hydrogens (tertiary/aromatic N) is 1. The standard InChI is InChI=1S/C21H19NO5/c1-22-6-5-12-17-14(22)7-11-8-15(23-2)16(24-3)9-13(11)18(17)20-21(19(12)25-4)27-10-26-20/h5-9H,10H2,1-4H3. The second kappa shape index (κ2) is 5.61. The molecule has 0 saturated heterocycles. The van der Waals surface area contributed by atoms with Crippen LogP contribution in [0.5, 0.6) is 28.7 Å². The first-order valence-electron chi connectivity index (χ1n) is 8.61. The molecule has 0 unspecified atom stereocenters. The maximum absolute atomic E-state index is 5.89. The predicted molar refractivity (Wildman–Crippen MR) is 105 cm³/mol. The van der Waals surface area contributed by atoms with Gasteiger partial charge in [-0.15, -0.1) is 0 Å². The van der Waals surface area contributed by atoms with Gasteiger partial charge in [-0.1, -0.05) is 0 Å². The lowest BCUT2D eigenvalue weighted by Crippen LogP contribution is -2.12. The Kier molecular flexibility index (Phi) is 3.31. The summed E-state index contributed by atoms with van der Waals surface area (Å²) in [6.45, 7) is 0.169. The molecule has 0 N–H and O–H groups in total. The van der Waals surface area contributed by atoms with E-state index in [2.05, 4.69) is 11.0 Å². The van der Waals surface area contributed by atoms with E-state index in [0.29, 0.717) is 28.7 Å². The van der Waals surface area contributed by atoms with Crippen molar-refractivity contribution in [3.05, 3.63) is 30.0 Å². The minimum Gasteiger partial charge on any atom is -0.493 e. The highest BCUT2D eigenvalue weighted by atomic mass is 16.7. The molecule has 0 atom stereocenters. The number of methoxy groups -OCH3 is 3. The van der Waals surface area contributed by atoms with Crippen molar-refractivity contribution in [3.63, 3.8) is 0 Å². The SMILES string of the molecule is COc1cc2cc3c4c(c(OC)c5c(c4c2cc1OC)OCO5)C=CN3C. The average molecular weight is 365 g/mol. The number of hydrogen-bond donors (Lipinski definition) is 0. The van der Waals surface area contributed by atoms with E-state index in [-0.39, 0.29) is 6.79 Å². The molecular weight excluding hydrogens is 346 g/mol. The molecule has 27 heavy (non-hydrogen) atoms. The lowest BCUT2D eigenvalue weighted by Gasteiger charge is -2.26. The lowest BCUT2D eigenvalue weighted by molar-refractivity contribution is 0.172. The van der Waals surface area contributed by atoms with Crippen LogP contribution in [0.4, 0.5) is 5.69 Å². The van der Waals surface area contributed by atoms with Crippen LogP contribution >= 0.6 is 0 Å². The molecule has 138 valence electrons. The molecule has 3 aromatic rings. The second-order valence-electron chi connectivity index (χ2n) is 6.51. The summed E-state index contributed by atoms with van der Waals surface area (Å²) >= 11 is 0. The van der Waals surface area contributed by atoms with Crippen LogP contribution in [0.25, 0.3) is 27.6 Å². The molecule has 6 nitrogen and oxygen atoms in total. The summed E-state index contributed by atoms with van der Waals surface area (Å²) in [5.41, 5.74) is 2.06. The van der Waals surface area contributed by atoms with Crippen molar-refractivity contribution in [1.29, 1.82) is 0 Å². The van der Waals surface area contributed by atoms with Gasteiger partial charge in [-0.3, -0.25) is 0 Å². The molecule has 0 amide bonds. The summed E-state index contributed by atoms with van der Waals surface area (Å²) in [4.78, 5) is 2.09. The third-order valence-electron chi connectivity index (χ3n) is 5.23. The zero-order valence-electron chi connectivity index (χ0n) is 15.6. The molecule has 2 aliphatic heterocycles. The van der Waals surface area contributed by atoms with Crippen LogP contribution in [0.2, 0.25) is 0 Å². The van der Waals surface area contributed by atoms with Gasteiger partial charge in [0.2, 0.25) is 12.5 Å². The highest BCUT2D eigenvalue weighted by Gasteiger charge is 2.31. The van der Waals surface area contributed by atoms with Gasteiger partial charge in [0.1, 0.15) is 0 Å². The molecule has 6 heteroatoms. The Morgan fingerprint density at radius 1 is 0.889 bits per heavy atom. The number of hydrogen-bond acceptors (Lipinski definition) is 6. The fraction of sp³-hybridized carbons (Fsp3) is 0.238. The van der Waals surface area contributed by atoms with Crippen LogP contribution in [0, 0.1) is 0 Å². The Balaban J connectivity index is 2.04. The Morgan fingerprint density at radius 2 is 1.63 bits per heavy atom. The summed E-state index contributed by atoms with van der Waals surface area (Å²) in [5.74, 6) is 3.40. The first-order valence-corrected chi connectivity index (χ1v) is 8.61. The van der Waals surface area contributed by atoms with Crippen LogP contribution in [0.3, 0.4) is 0 Å². The van der Waals surface area contributed by atoms with Crippen LogP contribution in [0.1, 0.15) is 5.56 Å². The molecule has 2 heterocycles. The molecule has 0 aromatic heterocycles. The van der Waals surface area contributed by atoms with Crippen molar-refractivity contribution in [3.8, 4) is 28.7 Å². The Bertz CT molecular complexity index is 1140. The van der Waals surface area contributed by atoms with Crippen LogP contribution in [0.15, 0.2) is 24.4 Å². The molecule has 0 saturated carbocycles. The molecule has 0 fully saturated rings. The number of anilines is 1. The molecule has 0 aliphatic carbocycles. The normalized spacial score (nSPS) is 14.1. The van der Waals surface area contributed by atoms with E-state index in [4.69, 9.17) is 23.7 Å². The smallest absolute Gasteiger partial charge is 0.231 e. The van der Waals surface area contributed by atoms with E-state index >= 15 is 0 Å². The van der Waals surface area contributed by atoms with Gasteiger partial charge in [0, 0.05) is 35.3 Å². The predicted octanol–water partition coefficient (Wildman–Crippen LogP) is 4.17. The second-order valence-corrected chi connectivity index (χ2v) is 6.51. The fourth-order valence-electron chi connectivity index (χ4n) is 4.00. The molecule has 5 rings (SSSR count). The highest BCUT2D eigenvalue weighted by Crippen LogP contribution is 2.55. The van der Waals surface area contributed by atoms with Gasteiger partial charge in [0.25, 0.3) is 0 Å². The van der Waals surface area contributed by atoms with Crippen molar-refractivity contribution in [1.82, 2.24) is 0 Å². The van der Waals surface area contributed by atoms with Gasteiger partial charge in [-0.2, -0.15) is 0 Å². The highest BCUT2D eigenvalue weighted by molar-refractivity contribution is 6.21. The van der Waals surface area contributed by atoms with Crippen LogP contribution in [-0.2, 0) is 0 Å². The van der Waals surface area contributed by atoms with Crippen LogP contribution in [-0.4, -0.2) is 35.2 Å². The van der Waals surface area contributed by atoms with Crippen molar-refractivity contribution in [2.45, 2.75) is 0 Å². The topological polar surface area (TPSA) is 49.4 Å². The van der Waals surface area contributed by atoms with E-state index in [1.54, 1.807) is 21.3 Å². The van der Waals surface area contributed by atoms with Gasteiger partial charge in [0.15, 0.2) is 23.0 Å². The van der Waals surface area contributed by atoms with Crippen molar-refractivity contribution >= 4 is 33.3 Å². The summed E-state index contributed by atoms with van der Waals surface area (Å²) in [6.07, 6.45) is 4.07. The average Bonchev–Trinajstić information content (AvgIpc) is 3.18. The maximum Gasteiger partial charge on any atom is 0.231 e. The summed E-state index contributed by atoms with van der Waals surface area (Å²) < 4.78 is 28.4. The Labute approximate surface area is 156 Å². The zero-order chi connectivity index (χ0) is 18.7. The maximum atomic E-state index is 5.89. The van der Waals surface area contributed by atoms with E-state index in [1.165, 1.54) is 0 Å². The van der Waals surface area contributed by atoms with Crippen molar-refractivity contribution in [2.24, 2.45) is 0 Å². The quantitative estimate of drug-likeness (QED) is 0.650. The molecule has 3 aromatic carbocycles. The van der Waals surface area contributed by atoms with E-state index in [0.717, 1.165) is 32.8 Å². The monoisotopic (exact) mass is 365 g/mol. The fourth-order valence-corrected chi connectivity index (χ4v) is 4.00.